The molecule has 0 aliphatic heterocycles. The zero-order valence-corrected chi connectivity index (χ0v) is 7.60. The van der Waals surface area contributed by atoms with Crippen LogP contribution in [0.15, 0.2) is 16.5 Å². The smallest absolute Gasteiger partial charge is 0.193 e. The van der Waals surface area contributed by atoms with Gasteiger partial charge in [0.1, 0.15) is 5.76 Å². The molecule has 3 N–H and O–H groups in total. The van der Waals surface area contributed by atoms with Crippen LogP contribution < -0.4 is 11.1 Å². The van der Waals surface area contributed by atoms with Crippen molar-refractivity contribution in [3.05, 3.63) is 23.1 Å². The number of furan rings is 1. The minimum Gasteiger partial charge on any atom is -0.448 e. The van der Waals surface area contributed by atoms with Crippen LogP contribution >= 0.6 is 11.6 Å². The van der Waals surface area contributed by atoms with Crippen LogP contribution in [0.5, 0.6) is 0 Å². The fraction of sp³-hybridized carbons (Fsp3) is 0.500. The van der Waals surface area contributed by atoms with Gasteiger partial charge in [0.15, 0.2) is 5.22 Å². The molecule has 0 fully saturated rings. The van der Waals surface area contributed by atoms with Crippen molar-refractivity contribution in [2.45, 2.75) is 13.0 Å². The monoisotopic (exact) mass is 188 g/mol. The highest BCUT2D eigenvalue weighted by molar-refractivity contribution is 6.28. The Kier molecular flexibility index (Phi) is 4.14. The van der Waals surface area contributed by atoms with E-state index in [0.29, 0.717) is 18.3 Å². The first-order chi connectivity index (χ1) is 5.83. The number of hydrogen-bond acceptors (Lipinski definition) is 3. The van der Waals surface area contributed by atoms with Gasteiger partial charge in [-0.05, 0) is 43.2 Å². The molecule has 1 heterocycles. The molecule has 1 aromatic heterocycles. The highest BCUT2D eigenvalue weighted by atomic mass is 35.5. The Morgan fingerprint density at radius 3 is 2.92 bits per heavy atom. The quantitative estimate of drug-likeness (QED) is 0.687. The van der Waals surface area contributed by atoms with Crippen molar-refractivity contribution in [2.75, 3.05) is 13.1 Å². The molecule has 1 rings (SSSR count). The van der Waals surface area contributed by atoms with Crippen molar-refractivity contribution >= 4 is 11.6 Å². The van der Waals surface area contributed by atoms with Crippen molar-refractivity contribution < 1.29 is 4.42 Å². The van der Waals surface area contributed by atoms with Crippen LogP contribution in [-0.2, 0) is 6.54 Å². The molecular weight excluding hydrogens is 176 g/mol. The first kappa shape index (κ1) is 9.58. The minimum absolute atomic E-state index is 0.436. The normalized spacial score (nSPS) is 10.5. The second-order valence-electron chi connectivity index (χ2n) is 2.52. The first-order valence-corrected chi connectivity index (χ1v) is 4.35. The Labute approximate surface area is 76.9 Å². The largest absolute Gasteiger partial charge is 0.448 e. The number of rotatable bonds is 5. The Morgan fingerprint density at radius 2 is 2.33 bits per heavy atom. The van der Waals surface area contributed by atoms with E-state index in [9.17, 15) is 0 Å². The number of nitrogens with two attached hydrogens (primary N) is 1. The molecule has 0 aliphatic carbocycles. The molecule has 0 saturated carbocycles. The summed E-state index contributed by atoms with van der Waals surface area (Å²) < 4.78 is 5.14. The summed E-state index contributed by atoms with van der Waals surface area (Å²) in [6.07, 6.45) is 0.981. The van der Waals surface area contributed by atoms with E-state index in [0.717, 1.165) is 18.7 Å². The maximum Gasteiger partial charge on any atom is 0.193 e. The third-order valence-corrected chi connectivity index (χ3v) is 1.69. The molecular formula is C8H13ClN2O. The first-order valence-electron chi connectivity index (χ1n) is 3.98. The zero-order valence-electron chi connectivity index (χ0n) is 6.85. The highest BCUT2D eigenvalue weighted by Gasteiger charge is 1.97. The molecule has 0 aromatic carbocycles. The molecule has 0 saturated heterocycles. The lowest BCUT2D eigenvalue weighted by Crippen LogP contribution is -2.17. The molecule has 0 aliphatic rings. The van der Waals surface area contributed by atoms with Crippen LogP contribution in [0.3, 0.4) is 0 Å². The predicted octanol–water partition coefficient (Wildman–Crippen LogP) is 1.37. The molecule has 0 atom stereocenters. The van der Waals surface area contributed by atoms with E-state index in [1.165, 1.54) is 0 Å². The van der Waals surface area contributed by atoms with E-state index in [1.54, 1.807) is 6.07 Å². The van der Waals surface area contributed by atoms with Crippen molar-refractivity contribution in [3.63, 3.8) is 0 Å². The molecule has 3 nitrogen and oxygen atoms in total. The van der Waals surface area contributed by atoms with Crippen LogP contribution in [0.1, 0.15) is 12.2 Å². The van der Waals surface area contributed by atoms with Crippen molar-refractivity contribution in [1.82, 2.24) is 5.32 Å². The summed E-state index contributed by atoms with van der Waals surface area (Å²) in [5.41, 5.74) is 5.33. The molecule has 12 heavy (non-hydrogen) atoms. The standard InChI is InChI=1S/C8H13ClN2O/c9-8-3-2-7(12-8)6-11-5-1-4-10/h2-3,11H,1,4-6,10H2. The van der Waals surface area contributed by atoms with Gasteiger partial charge >= 0.3 is 0 Å². The molecule has 0 amide bonds. The maximum atomic E-state index is 5.59. The van der Waals surface area contributed by atoms with E-state index >= 15 is 0 Å². The summed E-state index contributed by atoms with van der Waals surface area (Å²) in [5, 5.41) is 3.62. The van der Waals surface area contributed by atoms with Crippen LogP contribution in [0, 0.1) is 0 Å². The Balaban J connectivity index is 2.15. The van der Waals surface area contributed by atoms with Crippen LogP contribution in [0.4, 0.5) is 0 Å². The molecule has 0 unspecified atom stereocenters. The molecule has 0 radical (unpaired) electrons. The molecule has 4 heteroatoms. The third kappa shape index (κ3) is 3.26. The van der Waals surface area contributed by atoms with Crippen molar-refractivity contribution in [1.29, 1.82) is 0 Å². The van der Waals surface area contributed by atoms with Crippen LogP contribution in [0.2, 0.25) is 5.22 Å². The lowest BCUT2D eigenvalue weighted by molar-refractivity contribution is 0.483. The average Bonchev–Trinajstić information content (AvgIpc) is 2.45. The second-order valence-corrected chi connectivity index (χ2v) is 2.90. The lowest BCUT2D eigenvalue weighted by atomic mass is 10.4. The average molecular weight is 189 g/mol. The third-order valence-electron chi connectivity index (χ3n) is 1.49. The predicted molar refractivity (Wildman–Crippen MR) is 49.1 cm³/mol. The minimum atomic E-state index is 0.436. The van der Waals surface area contributed by atoms with Crippen molar-refractivity contribution in [2.24, 2.45) is 5.73 Å². The van der Waals surface area contributed by atoms with Gasteiger partial charge in [-0.15, -0.1) is 0 Å². The summed E-state index contributed by atoms with van der Waals surface area (Å²) in [5.74, 6) is 0.858. The van der Waals surface area contributed by atoms with E-state index in [1.807, 2.05) is 6.07 Å². The molecule has 68 valence electrons. The topological polar surface area (TPSA) is 51.2 Å². The van der Waals surface area contributed by atoms with Gasteiger partial charge in [0, 0.05) is 0 Å². The fourth-order valence-electron chi connectivity index (χ4n) is 0.885. The Morgan fingerprint density at radius 1 is 1.50 bits per heavy atom. The molecule has 1 aromatic rings. The summed E-state index contributed by atoms with van der Waals surface area (Å²) in [6, 6.07) is 3.60. The van der Waals surface area contributed by atoms with Gasteiger partial charge in [-0.1, -0.05) is 0 Å². The highest BCUT2D eigenvalue weighted by Crippen LogP contribution is 2.12. The summed E-state index contributed by atoms with van der Waals surface area (Å²) >= 11 is 5.59. The van der Waals surface area contributed by atoms with Gasteiger partial charge in [-0.25, -0.2) is 0 Å². The fourth-order valence-corrected chi connectivity index (χ4v) is 1.05. The Bertz CT molecular complexity index is 225. The summed E-state index contributed by atoms with van der Waals surface area (Å²) in [4.78, 5) is 0. The SMILES string of the molecule is NCCCNCc1ccc(Cl)o1. The van der Waals surface area contributed by atoms with E-state index in [4.69, 9.17) is 21.8 Å². The van der Waals surface area contributed by atoms with Gasteiger partial charge in [0.05, 0.1) is 6.54 Å². The van der Waals surface area contributed by atoms with Crippen LogP contribution in [0.25, 0.3) is 0 Å². The summed E-state index contributed by atoms with van der Waals surface area (Å²) in [7, 11) is 0. The van der Waals surface area contributed by atoms with Crippen LogP contribution in [-0.4, -0.2) is 13.1 Å². The molecule has 0 spiro atoms. The van der Waals surface area contributed by atoms with E-state index in [-0.39, 0.29) is 0 Å². The van der Waals surface area contributed by atoms with E-state index < -0.39 is 0 Å². The number of nitrogens with one attached hydrogen (secondary N) is 1. The van der Waals surface area contributed by atoms with Gasteiger partial charge in [0.2, 0.25) is 0 Å². The zero-order chi connectivity index (χ0) is 8.81. The number of halogens is 1. The Hall–Kier alpha value is -0.510. The second kappa shape index (κ2) is 5.19. The van der Waals surface area contributed by atoms with Gasteiger partial charge in [-0.3, -0.25) is 0 Å². The number of hydrogen-bond donors (Lipinski definition) is 2. The van der Waals surface area contributed by atoms with Gasteiger partial charge in [-0.2, -0.15) is 0 Å². The van der Waals surface area contributed by atoms with Gasteiger partial charge < -0.3 is 15.5 Å². The van der Waals surface area contributed by atoms with Crippen molar-refractivity contribution in [3.8, 4) is 0 Å². The maximum absolute atomic E-state index is 5.59. The van der Waals surface area contributed by atoms with E-state index in [2.05, 4.69) is 5.32 Å². The lowest BCUT2D eigenvalue weighted by Gasteiger charge is -1.99. The molecule has 0 bridgehead atoms. The summed E-state index contributed by atoms with van der Waals surface area (Å²) in [6.45, 7) is 2.34. The van der Waals surface area contributed by atoms with Gasteiger partial charge in [0.25, 0.3) is 0 Å².